The first-order valence-corrected chi connectivity index (χ1v) is 5.17. The summed E-state index contributed by atoms with van der Waals surface area (Å²) in [5.74, 6) is -0.0737. The van der Waals surface area contributed by atoms with Crippen LogP contribution >= 0.6 is 0 Å². The van der Waals surface area contributed by atoms with Gasteiger partial charge in [-0.25, -0.2) is 0 Å². The maximum atomic E-state index is 10.1. The number of nitrogens with one attached hydrogen (secondary N) is 1. The molecule has 0 aliphatic rings. The fourth-order valence-electron chi connectivity index (χ4n) is 2.04. The van der Waals surface area contributed by atoms with Crippen molar-refractivity contribution in [2.75, 3.05) is 5.23 Å². The molecule has 0 saturated heterocycles. The van der Waals surface area contributed by atoms with E-state index in [4.69, 9.17) is 13.5 Å². The van der Waals surface area contributed by atoms with Crippen molar-refractivity contribution in [2.24, 2.45) is 5.11 Å². The van der Waals surface area contributed by atoms with Gasteiger partial charge < -0.3 is 21.0 Å². The van der Waals surface area contributed by atoms with E-state index in [1.807, 2.05) is 25.1 Å². The standard InChI is InChI=1S/C12H11BN3O.Y/c1-6-3-8-5-7(2)11(16-14)12(17)10(8)9(4-6)15-13;/h3-5,15,17H,1-2H3;/q-1;. The van der Waals surface area contributed by atoms with Gasteiger partial charge in [0.15, 0.2) is 0 Å². The zero-order valence-corrected chi connectivity index (χ0v) is 13.1. The second-order valence-electron chi connectivity index (χ2n) is 4.05. The molecule has 18 heavy (non-hydrogen) atoms. The van der Waals surface area contributed by atoms with Gasteiger partial charge in [-0.15, -0.1) is 0 Å². The second-order valence-corrected chi connectivity index (χ2v) is 4.05. The molecule has 0 unspecified atom stereocenters. The zero-order valence-electron chi connectivity index (χ0n) is 10.2. The Kier molecular flexibility index (Phi) is 4.88. The molecule has 0 aromatic heterocycles. The number of aromatic hydroxyl groups is 1. The summed E-state index contributed by atoms with van der Waals surface area (Å²) in [7, 11) is 5.43. The number of aryl methyl sites for hydroxylation is 2. The molecule has 0 saturated carbocycles. The Morgan fingerprint density at radius 2 is 1.94 bits per heavy atom. The number of phenolic OH excluding ortho intramolecular Hbond substituents is 1. The smallest absolute Gasteiger partial charge is 0.222 e. The third-order valence-corrected chi connectivity index (χ3v) is 2.78. The summed E-state index contributed by atoms with van der Waals surface area (Å²) in [6, 6.07) is 5.60. The third-order valence-electron chi connectivity index (χ3n) is 2.78. The van der Waals surface area contributed by atoms with Crippen molar-refractivity contribution in [1.29, 1.82) is 0 Å². The van der Waals surface area contributed by atoms with E-state index in [0.29, 0.717) is 16.6 Å². The van der Waals surface area contributed by atoms with Gasteiger partial charge in [0.2, 0.25) is 7.98 Å². The third kappa shape index (κ3) is 2.43. The van der Waals surface area contributed by atoms with Crippen molar-refractivity contribution in [3.05, 3.63) is 34.9 Å². The minimum absolute atomic E-state index is 0. The Morgan fingerprint density at radius 3 is 2.50 bits per heavy atom. The Hall–Kier alpha value is -0.931. The average molecular weight is 313 g/mol. The molecule has 6 heteroatoms. The van der Waals surface area contributed by atoms with Gasteiger partial charge in [-0.3, -0.25) is 0 Å². The van der Waals surface area contributed by atoms with Crippen LogP contribution in [0.5, 0.6) is 5.75 Å². The molecule has 0 atom stereocenters. The summed E-state index contributed by atoms with van der Waals surface area (Å²) in [5.41, 5.74) is 11.4. The van der Waals surface area contributed by atoms with Crippen LogP contribution in [0, 0.1) is 13.8 Å². The minimum atomic E-state index is -0.0737. The number of benzene rings is 2. The van der Waals surface area contributed by atoms with Crippen molar-refractivity contribution < 1.29 is 37.8 Å². The molecule has 0 amide bonds. The Morgan fingerprint density at radius 1 is 1.28 bits per heavy atom. The molecule has 2 rings (SSSR count). The molecule has 3 radical (unpaired) electrons. The fourth-order valence-corrected chi connectivity index (χ4v) is 2.04. The SMILES string of the molecule is [B]Nc1cc(C)cc2cc(C)c(N=[N-])c(O)c12.[Y]. The summed E-state index contributed by atoms with van der Waals surface area (Å²) in [6.45, 7) is 3.71. The van der Waals surface area contributed by atoms with E-state index in [0.717, 1.165) is 10.9 Å². The molecule has 0 aliphatic heterocycles. The summed E-state index contributed by atoms with van der Waals surface area (Å²) in [5, 5.41) is 17.1. The van der Waals surface area contributed by atoms with Crippen molar-refractivity contribution in [2.45, 2.75) is 13.8 Å². The van der Waals surface area contributed by atoms with Crippen molar-refractivity contribution >= 4 is 30.1 Å². The minimum Gasteiger partial charge on any atom is -0.706 e. The topological polar surface area (TPSA) is 66.9 Å². The van der Waals surface area contributed by atoms with E-state index in [1.54, 1.807) is 6.92 Å². The molecule has 2 aromatic carbocycles. The van der Waals surface area contributed by atoms with Gasteiger partial charge >= 0.3 is 0 Å². The molecule has 0 bridgehead atoms. The molecule has 4 nitrogen and oxygen atoms in total. The fraction of sp³-hybridized carbons (Fsp3) is 0.167. The van der Waals surface area contributed by atoms with Crippen LogP contribution in [0.2, 0.25) is 0 Å². The summed E-state index contributed by atoms with van der Waals surface area (Å²) in [4.78, 5) is 0. The van der Waals surface area contributed by atoms with Crippen molar-refractivity contribution in [3.8, 4) is 5.75 Å². The van der Waals surface area contributed by atoms with Crippen LogP contribution in [0.15, 0.2) is 23.3 Å². The molecule has 0 spiro atoms. The van der Waals surface area contributed by atoms with Gasteiger partial charge in [0, 0.05) is 43.8 Å². The number of anilines is 1. The van der Waals surface area contributed by atoms with E-state index in [-0.39, 0.29) is 44.1 Å². The van der Waals surface area contributed by atoms with Crippen LogP contribution < -0.4 is 5.23 Å². The number of nitrogens with zero attached hydrogens (tertiary/aromatic N) is 2. The molecule has 87 valence electrons. The van der Waals surface area contributed by atoms with Gasteiger partial charge in [-0.2, -0.15) is 0 Å². The first-order valence-electron chi connectivity index (χ1n) is 5.17. The monoisotopic (exact) mass is 313 g/mol. The molecule has 0 heterocycles. The van der Waals surface area contributed by atoms with Gasteiger partial charge in [-0.1, -0.05) is 6.07 Å². The van der Waals surface area contributed by atoms with Gasteiger partial charge in [-0.05, 0) is 42.5 Å². The first kappa shape index (κ1) is 15.1. The molecular weight excluding hydrogens is 302 g/mol. The predicted octanol–water partition coefficient (Wildman–Crippen LogP) is 3.31. The maximum Gasteiger partial charge on any atom is 0.222 e. The molecule has 2 N–H and O–H groups in total. The number of fused-ring (bicyclic) bond motifs is 1. The number of hydrogen-bond acceptors (Lipinski definition) is 3. The maximum absolute atomic E-state index is 10.1. The van der Waals surface area contributed by atoms with Crippen LogP contribution in [-0.4, -0.2) is 13.1 Å². The van der Waals surface area contributed by atoms with E-state index < -0.39 is 0 Å². The summed E-state index contributed by atoms with van der Waals surface area (Å²) < 4.78 is 0. The predicted molar refractivity (Wildman–Crippen MR) is 69.9 cm³/mol. The average Bonchev–Trinajstić information content (AvgIpc) is 2.27. The van der Waals surface area contributed by atoms with E-state index >= 15 is 0 Å². The Labute approximate surface area is 132 Å². The number of rotatable bonds is 2. The van der Waals surface area contributed by atoms with Gasteiger partial charge in [0.05, 0.1) is 5.69 Å². The zero-order chi connectivity index (χ0) is 12.6. The van der Waals surface area contributed by atoms with Crippen molar-refractivity contribution in [3.63, 3.8) is 0 Å². The normalized spacial score (nSPS) is 9.89. The summed E-state index contributed by atoms with van der Waals surface area (Å²) in [6.07, 6.45) is 0. The molecular formula is C12H11BN3OY-. The van der Waals surface area contributed by atoms with E-state index in [9.17, 15) is 5.11 Å². The van der Waals surface area contributed by atoms with Crippen LogP contribution in [0.25, 0.3) is 16.3 Å². The largest absolute Gasteiger partial charge is 0.706 e. The quantitative estimate of drug-likeness (QED) is 0.660. The van der Waals surface area contributed by atoms with E-state index in [1.165, 1.54) is 0 Å². The number of phenols is 1. The second kappa shape index (κ2) is 5.81. The Balaban J connectivity index is 0.00000162. The van der Waals surface area contributed by atoms with Crippen LogP contribution in [0.3, 0.4) is 0 Å². The molecule has 0 fully saturated rings. The van der Waals surface area contributed by atoms with E-state index in [2.05, 4.69) is 10.3 Å². The van der Waals surface area contributed by atoms with Gasteiger partial charge in [0.1, 0.15) is 5.75 Å². The van der Waals surface area contributed by atoms with Crippen LogP contribution in [-0.2, 0) is 32.7 Å². The molecule has 2 aromatic rings. The van der Waals surface area contributed by atoms with Crippen LogP contribution in [0.4, 0.5) is 11.4 Å². The molecule has 0 aliphatic carbocycles. The van der Waals surface area contributed by atoms with Crippen LogP contribution in [0.1, 0.15) is 11.1 Å². The number of hydrogen-bond donors (Lipinski definition) is 2. The first-order chi connectivity index (χ1) is 8.08. The Bertz CT molecular complexity index is 616. The van der Waals surface area contributed by atoms with Gasteiger partial charge in [0.25, 0.3) is 0 Å². The van der Waals surface area contributed by atoms with Crippen molar-refractivity contribution in [1.82, 2.24) is 0 Å². The summed E-state index contributed by atoms with van der Waals surface area (Å²) >= 11 is 0.